The Morgan fingerprint density at radius 3 is 3.11 bits per heavy atom. The van der Waals surface area contributed by atoms with E-state index in [1.54, 1.807) is 5.54 Å². The third-order valence-electron chi connectivity index (χ3n) is 3.94. The topological polar surface area (TPSA) is 32.5 Å². The fourth-order valence-electron chi connectivity index (χ4n) is 3.02. The number of benzene rings is 1. The lowest BCUT2D eigenvalue weighted by Gasteiger charge is -2.46. The van der Waals surface area contributed by atoms with Gasteiger partial charge < -0.3 is 10.6 Å². The van der Waals surface area contributed by atoms with Crippen LogP contribution in [0.25, 0.3) is 0 Å². The SMILES string of the molecule is Nc1ccc2c(c1)N1CCN(C/C=C\Cl)C(C2)C1. The molecule has 1 atom stereocenters. The molecule has 0 saturated carbocycles. The minimum Gasteiger partial charge on any atom is -0.399 e. The summed E-state index contributed by atoms with van der Waals surface area (Å²) in [6, 6.07) is 6.89. The Balaban J connectivity index is 1.84. The molecule has 2 aliphatic heterocycles. The van der Waals surface area contributed by atoms with Crippen LogP contribution in [-0.4, -0.2) is 37.1 Å². The number of rotatable bonds is 2. The van der Waals surface area contributed by atoms with E-state index in [0.717, 1.165) is 38.3 Å². The number of fused-ring (bicyclic) bond motifs is 4. The van der Waals surface area contributed by atoms with Crippen LogP contribution in [0.1, 0.15) is 5.56 Å². The maximum atomic E-state index is 5.88. The first-order valence-electron chi connectivity index (χ1n) is 6.40. The molecule has 18 heavy (non-hydrogen) atoms. The second kappa shape index (κ2) is 4.82. The van der Waals surface area contributed by atoms with Gasteiger partial charge in [0.25, 0.3) is 0 Å². The lowest BCUT2D eigenvalue weighted by atomic mass is 9.94. The molecular formula is C14H18ClN3. The summed E-state index contributed by atoms with van der Waals surface area (Å²) >= 11 is 5.62. The number of nitrogens with two attached hydrogens (primary N) is 1. The molecule has 0 radical (unpaired) electrons. The summed E-state index contributed by atoms with van der Waals surface area (Å²) in [6.45, 7) is 4.22. The van der Waals surface area contributed by atoms with Crippen LogP contribution in [0.4, 0.5) is 11.4 Å². The Morgan fingerprint density at radius 2 is 2.28 bits per heavy atom. The predicted molar refractivity (Wildman–Crippen MR) is 77.1 cm³/mol. The zero-order chi connectivity index (χ0) is 12.5. The summed E-state index contributed by atoms with van der Waals surface area (Å²) in [7, 11) is 0. The van der Waals surface area contributed by atoms with Gasteiger partial charge in [-0.15, -0.1) is 0 Å². The van der Waals surface area contributed by atoms with Crippen LogP contribution in [-0.2, 0) is 6.42 Å². The van der Waals surface area contributed by atoms with Crippen molar-refractivity contribution in [2.75, 3.05) is 36.8 Å². The first-order chi connectivity index (χ1) is 8.78. The molecule has 1 unspecified atom stereocenters. The minimum absolute atomic E-state index is 0.600. The molecule has 1 aromatic rings. The molecule has 3 rings (SSSR count). The highest BCUT2D eigenvalue weighted by Crippen LogP contribution is 2.32. The van der Waals surface area contributed by atoms with Crippen LogP contribution in [0, 0.1) is 0 Å². The highest BCUT2D eigenvalue weighted by atomic mass is 35.5. The van der Waals surface area contributed by atoms with Gasteiger partial charge in [-0.25, -0.2) is 0 Å². The van der Waals surface area contributed by atoms with Crippen molar-refractivity contribution < 1.29 is 0 Å². The van der Waals surface area contributed by atoms with E-state index in [9.17, 15) is 0 Å². The zero-order valence-electron chi connectivity index (χ0n) is 10.3. The van der Waals surface area contributed by atoms with Gasteiger partial charge in [-0.2, -0.15) is 0 Å². The average molecular weight is 264 g/mol. The van der Waals surface area contributed by atoms with Gasteiger partial charge in [0.05, 0.1) is 0 Å². The predicted octanol–water partition coefficient (Wildman–Crippen LogP) is 2.07. The number of nitrogen functional groups attached to an aromatic ring is 1. The summed E-state index contributed by atoms with van der Waals surface area (Å²) < 4.78 is 0. The van der Waals surface area contributed by atoms with Gasteiger partial charge in [-0.1, -0.05) is 23.7 Å². The molecule has 2 aliphatic rings. The molecule has 2 bridgehead atoms. The van der Waals surface area contributed by atoms with Crippen LogP contribution in [0.3, 0.4) is 0 Å². The molecule has 0 spiro atoms. The minimum atomic E-state index is 0.600. The van der Waals surface area contributed by atoms with Crippen molar-refractivity contribution in [3.05, 3.63) is 35.4 Å². The van der Waals surface area contributed by atoms with Crippen molar-refractivity contribution in [2.45, 2.75) is 12.5 Å². The van der Waals surface area contributed by atoms with E-state index in [-0.39, 0.29) is 0 Å². The quantitative estimate of drug-likeness (QED) is 0.829. The van der Waals surface area contributed by atoms with Crippen molar-refractivity contribution in [2.24, 2.45) is 0 Å². The molecule has 96 valence electrons. The molecule has 0 aliphatic carbocycles. The van der Waals surface area contributed by atoms with Crippen molar-refractivity contribution >= 4 is 23.0 Å². The highest BCUT2D eigenvalue weighted by Gasteiger charge is 2.32. The third-order valence-corrected chi connectivity index (χ3v) is 4.12. The Labute approximate surface area is 113 Å². The fourth-order valence-corrected chi connectivity index (χ4v) is 3.10. The van der Waals surface area contributed by atoms with Crippen molar-refractivity contribution in [1.82, 2.24) is 4.90 Å². The van der Waals surface area contributed by atoms with E-state index >= 15 is 0 Å². The van der Waals surface area contributed by atoms with Crippen LogP contribution < -0.4 is 10.6 Å². The van der Waals surface area contributed by atoms with Crippen molar-refractivity contribution in [1.29, 1.82) is 0 Å². The summed E-state index contributed by atoms with van der Waals surface area (Å²) in [4.78, 5) is 4.97. The average Bonchev–Trinajstić information content (AvgIpc) is 2.39. The van der Waals surface area contributed by atoms with E-state index < -0.39 is 0 Å². The standard InChI is InChI=1S/C14H18ClN3/c15-4-1-5-17-6-7-18-10-13(17)8-11-2-3-12(16)9-14(11)18/h1-4,9,13H,5-8,10,16H2/b4-1-. The first-order valence-corrected chi connectivity index (χ1v) is 6.84. The first kappa shape index (κ1) is 11.9. The van der Waals surface area contributed by atoms with Crippen LogP contribution >= 0.6 is 11.6 Å². The largest absolute Gasteiger partial charge is 0.399 e. The van der Waals surface area contributed by atoms with E-state index in [1.165, 1.54) is 11.3 Å². The van der Waals surface area contributed by atoms with Crippen molar-refractivity contribution in [3.8, 4) is 0 Å². The second-order valence-corrected chi connectivity index (χ2v) is 5.30. The van der Waals surface area contributed by atoms with E-state index in [2.05, 4.69) is 21.9 Å². The molecule has 4 heteroatoms. The Morgan fingerprint density at radius 1 is 1.39 bits per heavy atom. The molecule has 2 heterocycles. The van der Waals surface area contributed by atoms with E-state index in [0.29, 0.717) is 6.04 Å². The lowest BCUT2D eigenvalue weighted by molar-refractivity contribution is 0.188. The lowest BCUT2D eigenvalue weighted by Crippen LogP contribution is -2.56. The number of nitrogens with zero attached hydrogens (tertiary/aromatic N) is 2. The van der Waals surface area contributed by atoms with Gasteiger partial charge in [-0.05, 0) is 24.1 Å². The van der Waals surface area contributed by atoms with E-state index in [4.69, 9.17) is 17.3 Å². The third kappa shape index (κ3) is 2.08. The van der Waals surface area contributed by atoms with Gasteiger partial charge in [-0.3, -0.25) is 4.90 Å². The molecule has 1 aromatic carbocycles. The van der Waals surface area contributed by atoms with Gasteiger partial charge in [0.1, 0.15) is 0 Å². The summed E-state index contributed by atoms with van der Waals surface area (Å²) in [5.74, 6) is 0. The van der Waals surface area contributed by atoms with E-state index in [1.807, 2.05) is 12.1 Å². The zero-order valence-corrected chi connectivity index (χ0v) is 11.1. The van der Waals surface area contributed by atoms with Gasteiger partial charge in [0, 0.05) is 49.1 Å². The maximum Gasteiger partial charge on any atom is 0.0421 e. The maximum absolute atomic E-state index is 5.88. The Bertz CT molecular complexity index is 472. The van der Waals surface area contributed by atoms with Crippen LogP contribution in [0.5, 0.6) is 0 Å². The molecule has 1 saturated heterocycles. The molecule has 3 nitrogen and oxygen atoms in total. The van der Waals surface area contributed by atoms with Gasteiger partial charge in [0.2, 0.25) is 0 Å². The van der Waals surface area contributed by atoms with Crippen molar-refractivity contribution in [3.63, 3.8) is 0 Å². The summed E-state index contributed by atoms with van der Waals surface area (Å²) in [5.41, 5.74) is 11.1. The normalized spacial score (nSPS) is 23.4. The highest BCUT2D eigenvalue weighted by molar-refractivity contribution is 6.25. The van der Waals surface area contributed by atoms with Gasteiger partial charge >= 0.3 is 0 Å². The molecule has 0 amide bonds. The molecule has 2 N–H and O–H groups in total. The second-order valence-electron chi connectivity index (χ2n) is 5.05. The van der Waals surface area contributed by atoms with Crippen LogP contribution in [0.15, 0.2) is 29.8 Å². The number of hydrogen-bond acceptors (Lipinski definition) is 3. The Kier molecular flexibility index (Phi) is 3.18. The fraction of sp³-hybridized carbons (Fsp3) is 0.429. The number of piperazine rings is 1. The van der Waals surface area contributed by atoms with Gasteiger partial charge in [0.15, 0.2) is 0 Å². The van der Waals surface area contributed by atoms with Crippen LogP contribution in [0.2, 0.25) is 0 Å². The number of hydrogen-bond donors (Lipinski definition) is 1. The monoisotopic (exact) mass is 263 g/mol. The number of halogens is 1. The number of anilines is 2. The molecular weight excluding hydrogens is 246 g/mol. The summed E-state index contributed by atoms with van der Waals surface area (Å²) in [6.07, 6.45) is 3.14. The molecule has 0 aromatic heterocycles. The Hall–Kier alpha value is -1.19. The smallest absolute Gasteiger partial charge is 0.0421 e. The summed E-state index contributed by atoms with van der Waals surface area (Å²) in [5, 5.41) is 0. The molecule has 1 fully saturated rings.